The van der Waals surface area contributed by atoms with Gasteiger partial charge in [-0.15, -0.1) is 0 Å². The Bertz CT molecular complexity index is 532. The summed E-state index contributed by atoms with van der Waals surface area (Å²) in [7, 11) is 0. The van der Waals surface area contributed by atoms with E-state index < -0.39 is 5.60 Å². The molecule has 0 heterocycles. The number of hydrogen-bond donors (Lipinski definition) is 1. The van der Waals surface area contributed by atoms with Gasteiger partial charge in [0.05, 0.1) is 0 Å². The van der Waals surface area contributed by atoms with Crippen molar-refractivity contribution in [1.29, 1.82) is 0 Å². The summed E-state index contributed by atoms with van der Waals surface area (Å²) in [5.74, 6) is 0.140. The van der Waals surface area contributed by atoms with Crippen molar-refractivity contribution in [1.82, 2.24) is 0 Å². The second kappa shape index (κ2) is 5.64. The Hall–Kier alpha value is -1.86. The van der Waals surface area contributed by atoms with Crippen LogP contribution in [0.3, 0.4) is 0 Å². The Morgan fingerprint density at radius 2 is 1.40 bits per heavy atom. The molecule has 0 aliphatic heterocycles. The van der Waals surface area contributed by atoms with E-state index in [0.29, 0.717) is 0 Å². The first kappa shape index (κ1) is 13.1. The van der Waals surface area contributed by atoms with E-state index in [1.54, 1.807) is 0 Å². The fourth-order valence-electron chi connectivity index (χ4n) is 3.14. The van der Waals surface area contributed by atoms with Gasteiger partial charge in [-0.3, -0.25) is 0 Å². The minimum Gasteiger partial charge on any atom is -0.380 e. The number of aliphatic hydroxyl groups is 1. The summed E-state index contributed by atoms with van der Waals surface area (Å²) >= 11 is 0. The van der Waals surface area contributed by atoms with E-state index in [4.69, 9.17) is 0 Å². The minimum atomic E-state index is -0.931. The van der Waals surface area contributed by atoms with Gasteiger partial charge in [0.2, 0.25) is 0 Å². The highest BCUT2D eigenvalue weighted by atomic mass is 16.3. The second-order valence-electron chi connectivity index (χ2n) is 5.46. The van der Waals surface area contributed by atoms with Gasteiger partial charge in [-0.05, 0) is 30.4 Å². The summed E-state index contributed by atoms with van der Waals surface area (Å²) < 4.78 is 0. The summed E-state index contributed by atoms with van der Waals surface area (Å²) in [6.45, 7) is 0. The van der Waals surface area contributed by atoms with Gasteiger partial charge in [-0.2, -0.15) is 0 Å². The predicted octanol–water partition coefficient (Wildman–Crippen LogP) is 4.28. The molecule has 1 nitrogen and oxygen atoms in total. The van der Waals surface area contributed by atoms with Crippen LogP contribution < -0.4 is 0 Å². The van der Waals surface area contributed by atoms with Crippen molar-refractivity contribution < 1.29 is 5.11 Å². The molecule has 0 radical (unpaired) electrons. The Morgan fingerprint density at radius 3 is 1.85 bits per heavy atom. The van der Waals surface area contributed by atoms with Crippen LogP contribution in [0.15, 0.2) is 72.8 Å². The Kier molecular flexibility index (Phi) is 3.70. The molecule has 3 rings (SSSR count). The van der Waals surface area contributed by atoms with Crippen LogP contribution in [0.25, 0.3) is 0 Å². The van der Waals surface area contributed by atoms with Gasteiger partial charge < -0.3 is 5.11 Å². The summed E-state index contributed by atoms with van der Waals surface area (Å²) in [4.78, 5) is 0. The molecule has 1 aliphatic rings. The van der Waals surface area contributed by atoms with Crippen LogP contribution >= 0.6 is 0 Å². The molecule has 1 heteroatoms. The van der Waals surface area contributed by atoms with Gasteiger partial charge in [0, 0.05) is 5.92 Å². The quantitative estimate of drug-likeness (QED) is 0.820. The lowest BCUT2D eigenvalue weighted by atomic mass is 9.72. The van der Waals surface area contributed by atoms with Crippen LogP contribution in [0.1, 0.15) is 30.4 Å². The van der Waals surface area contributed by atoms with E-state index in [1.165, 1.54) is 0 Å². The van der Waals surface area contributed by atoms with Crippen LogP contribution in [0.2, 0.25) is 0 Å². The van der Waals surface area contributed by atoms with Crippen LogP contribution in [0.4, 0.5) is 0 Å². The number of allylic oxidation sites excluding steroid dienone is 1. The van der Waals surface area contributed by atoms with Gasteiger partial charge in [0.1, 0.15) is 5.60 Å². The van der Waals surface area contributed by atoms with E-state index >= 15 is 0 Å². The Labute approximate surface area is 120 Å². The van der Waals surface area contributed by atoms with E-state index in [2.05, 4.69) is 12.2 Å². The van der Waals surface area contributed by atoms with Crippen molar-refractivity contribution in [3.05, 3.63) is 83.9 Å². The number of hydrogen-bond acceptors (Lipinski definition) is 1. The third-order valence-electron chi connectivity index (χ3n) is 4.22. The Balaban J connectivity index is 2.12. The summed E-state index contributed by atoms with van der Waals surface area (Å²) in [6.07, 6.45) is 7.67. The maximum atomic E-state index is 11.5. The van der Waals surface area contributed by atoms with Crippen molar-refractivity contribution in [3.8, 4) is 0 Å². The highest BCUT2D eigenvalue weighted by molar-refractivity contribution is 5.38. The van der Waals surface area contributed by atoms with Crippen LogP contribution in [-0.4, -0.2) is 5.11 Å². The van der Waals surface area contributed by atoms with E-state index in [1.807, 2.05) is 60.7 Å². The lowest BCUT2D eigenvalue weighted by Crippen LogP contribution is -2.36. The van der Waals surface area contributed by atoms with Crippen LogP contribution in [0, 0.1) is 5.92 Å². The van der Waals surface area contributed by atoms with E-state index in [9.17, 15) is 5.11 Å². The lowest BCUT2D eigenvalue weighted by Gasteiger charge is -2.37. The zero-order valence-corrected chi connectivity index (χ0v) is 11.6. The highest BCUT2D eigenvalue weighted by Crippen LogP contribution is 2.41. The minimum absolute atomic E-state index is 0.140. The molecule has 0 bridgehead atoms. The maximum absolute atomic E-state index is 11.5. The standard InChI is InChI=1S/C19H20O/c20-19(16-10-4-1-5-11-16,17-12-6-2-7-13-17)18-14-8-3-9-15-18/h1-2,4-8,10-14,18,20H,3,9,15H2/t18-/m1/s1. The average Bonchev–Trinajstić information content (AvgIpc) is 2.56. The number of benzene rings is 2. The summed E-state index contributed by atoms with van der Waals surface area (Å²) in [5.41, 5.74) is 1.02. The molecule has 2 aromatic rings. The molecule has 1 N–H and O–H groups in total. The third kappa shape index (κ3) is 2.30. The molecule has 0 saturated heterocycles. The maximum Gasteiger partial charge on any atom is 0.121 e. The van der Waals surface area contributed by atoms with Gasteiger partial charge in [-0.25, -0.2) is 0 Å². The topological polar surface area (TPSA) is 20.2 Å². The molecule has 1 aliphatic carbocycles. The van der Waals surface area contributed by atoms with Crippen molar-refractivity contribution >= 4 is 0 Å². The fourth-order valence-corrected chi connectivity index (χ4v) is 3.14. The first-order valence-corrected chi connectivity index (χ1v) is 7.32. The smallest absolute Gasteiger partial charge is 0.121 e. The molecule has 0 aromatic heterocycles. The lowest BCUT2D eigenvalue weighted by molar-refractivity contribution is 0.0303. The molecule has 20 heavy (non-hydrogen) atoms. The van der Waals surface area contributed by atoms with Gasteiger partial charge in [-0.1, -0.05) is 72.8 Å². The molecule has 0 spiro atoms. The van der Waals surface area contributed by atoms with E-state index in [0.717, 1.165) is 30.4 Å². The molecule has 0 unspecified atom stereocenters. The normalized spacial score (nSPS) is 18.9. The number of rotatable bonds is 3. The van der Waals surface area contributed by atoms with Gasteiger partial charge in [0.25, 0.3) is 0 Å². The highest BCUT2D eigenvalue weighted by Gasteiger charge is 2.38. The first-order valence-electron chi connectivity index (χ1n) is 7.32. The van der Waals surface area contributed by atoms with Gasteiger partial charge in [0.15, 0.2) is 0 Å². The van der Waals surface area contributed by atoms with Crippen molar-refractivity contribution in [2.45, 2.75) is 24.9 Å². The molecule has 2 aromatic carbocycles. The summed E-state index contributed by atoms with van der Waals surface area (Å²) in [6, 6.07) is 20.1. The van der Waals surface area contributed by atoms with Crippen LogP contribution in [-0.2, 0) is 5.60 Å². The molecule has 1 atom stereocenters. The molecular weight excluding hydrogens is 244 g/mol. The monoisotopic (exact) mass is 264 g/mol. The molecule has 0 saturated carbocycles. The van der Waals surface area contributed by atoms with E-state index in [-0.39, 0.29) is 5.92 Å². The first-order chi connectivity index (χ1) is 9.82. The molecule has 0 amide bonds. The molecular formula is C19H20O. The van der Waals surface area contributed by atoms with Crippen LogP contribution in [0.5, 0.6) is 0 Å². The predicted molar refractivity (Wildman–Crippen MR) is 82.4 cm³/mol. The zero-order chi connectivity index (χ0) is 13.8. The van der Waals surface area contributed by atoms with Crippen molar-refractivity contribution in [3.63, 3.8) is 0 Å². The third-order valence-corrected chi connectivity index (χ3v) is 4.22. The van der Waals surface area contributed by atoms with Crippen molar-refractivity contribution in [2.24, 2.45) is 5.92 Å². The molecule has 102 valence electrons. The van der Waals surface area contributed by atoms with Crippen molar-refractivity contribution in [2.75, 3.05) is 0 Å². The average molecular weight is 264 g/mol. The fraction of sp³-hybridized carbons (Fsp3) is 0.263. The SMILES string of the molecule is OC(c1ccccc1)(c1ccccc1)[C@@H]1C=CCCC1. The molecule has 0 fully saturated rings. The zero-order valence-electron chi connectivity index (χ0n) is 11.6. The largest absolute Gasteiger partial charge is 0.380 e. The summed E-state index contributed by atoms with van der Waals surface area (Å²) in [5, 5.41) is 11.5. The van der Waals surface area contributed by atoms with Gasteiger partial charge >= 0.3 is 0 Å². The second-order valence-corrected chi connectivity index (χ2v) is 5.46. The Morgan fingerprint density at radius 1 is 0.850 bits per heavy atom.